The molecule has 3 rings (SSSR count). The van der Waals surface area contributed by atoms with E-state index in [9.17, 15) is 9.59 Å². The summed E-state index contributed by atoms with van der Waals surface area (Å²) in [6.45, 7) is 0. The van der Waals surface area contributed by atoms with Crippen molar-refractivity contribution < 1.29 is 14.3 Å². The molecular weight excluding hydrogens is 404 g/mol. The number of thiocarbonyl (C=S) groups is 1. The molecule has 1 aliphatic rings. The monoisotopic (exact) mass is 416 g/mol. The Bertz CT molecular complexity index is 893. The minimum atomic E-state index is -0.517. The minimum absolute atomic E-state index is 0.0127. The largest absolute Gasteiger partial charge is 0.497 e. The normalized spacial score (nSPS) is 16.2. The first kappa shape index (κ1) is 17.3. The second-order valence-electron chi connectivity index (χ2n) is 5.21. The third kappa shape index (κ3) is 3.62. The van der Waals surface area contributed by atoms with Gasteiger partial charge >= 0.3 is 0 Å². The van der Waals surface area contributed by atoms with Gasteiger partial charge in [-0.05, 0) is 54.2 Å². The molecule has 0 bridgehead atoms. The van der Waals surface area contributed by atoms with Crippen LogP contribution in [0.15, 0.2) is 58.6 Å². The van der Waals surface area contributed by atoms with Gasteiger partial charge in [-0.1, -0.05) is 34.1 Å². The quantitative estimate of drug-likeness (QED) is 0.473. The molecule has 0 aromatic heterocycles. The Morgan fingerprint density at radius 1 is 1.16 bits per heavy atom. The van der Waals surface area contributed by atoms with Gasteiger partial charge in [0.2, 0.25) is 0 Å². The molecule has 1 heterocycles. The van der Waals surface area contributed by atoms with E-state index in [1.165, 1.54) is 11.0 Å². The van der Waals surface area contributed by atoms with Gasteiger partial charge in [-0.25, -0.2) is 0 Å². The van der Waals surface area contributed by atoms with E-state index in [1.807, 2.05) is 6.07 Å². The van der Waals surface area contributed by atoms with Crippen LogP contribution in [-0.2, 0) is 9.59 Å². The number of halogens is 1. The molecule has 0 saturated carbocycles. The molecule has 0 atom stereocenters. The van der Waals surface area contributed by atoms with Crippen LogP contribution in [0.25, 0.3) is 6.08 Å². The number of nitrogens with one attached hydrogen (secondary N) is 1. The number of hydrogen-bond acceptors (Lipinski definition) is 4. The maximum atomic E-state index is 12.9. The highest BCUT2D eigenvalue weighted by Crippen LogP contribution is 2.25. The van der Waals surface area contributed by atoms with Gasteiger partial charge in [0.1, 0.15) is 11.3 Å². The van der Waals surface area contributed by atoms with Gasteiger partial charge in [0.15, 0.2) is 5.11 Å². The number of methoxy groups -OCH3 is 1. The average Bonchev–Trinajstić information content (AvgIpc) is 2.59. The summed E-state index contributed by atoms with van der Waals surface area (Å²) in [5, 5.41) is 2.62. The molecule has 1 saturated heterocycles. The number of benzene rings is 2. The van der Waals surface area contributed by atoms with E-state index < -0.39 is 11.8 Å². The first-order chi connectivity index (χ1) is 12.0. The van der Waals surface area contributed by atoms with Crippen molar-refractivity contribution in [3.8, 4) is 5.75 Å². The Labute approximate surface area is 158 Å². The van der Waals surface area contributed by atoms with Gasteiger partial charge in [-0.3, -0.25) is 19.8 Å². The van der Waals surface area contributed by atoms with Gasteiger partial charge in [0.25, 0.3) is 11.8 Å². The summed E-state index contributed by atoms with van der Waals surface area (Å²) in [4.78, 5) is 26.4. The van der Waals surface area contributed by atoms with Crippen molar-refractivity contribution in [1.29, 1.82) is 0 Å². The number of ether oxygens (including phenoxy) is 1. The zero-order chi connectivity index (χ0) is 18.0. The van der Waals surface area contributed by atoms with Gasteiger partial charge in [-0.2, -0.15) is 0 Å². The summed E-state index contributed by atoms with van der Waals surface area (Å²) < 4.78 is 5.91. The second-order valence-corrected chi connectivity index (χ2v) is 6.51. The molecular formula is C18H13BrN2O3S. The first-order valence-corrected chi connectivity index (χ1v) is 8.51. The first-order valence-electron chi connectivity index (χ1n) is 7.30. The lowest BCUT2D eigenvalue weighted by Gasteiger charge is -2.29. The highest BCUT2D eigenvalue weighted by Gasteiger charge is 2.34. The molecule has 0 unspecified atom stereocenters. The molecule has 25 heavy (non-hydrogen) atoms. The third-order valence-electron chi connectivity index (χ3n) is 3.59. The van der Waals surface area contributed by atoms with Crippen LogP contribution in [0.1, 0.15) is 5.56 Å². The molecule has 2 aromatic rings. The van der Waals surface area contributed by atoms with Crippen LogP contribution in [-0.4, -0.2) is 24.0 Å². The summed E-state index contributed by atoms with van der Waals surface area (Å²) in [7, 11) is 1.57. The molecule has 1 fully saturated rings. The summed E-state index contributed by atoms with van der Waals surface area (Å²) in [6.07, 6.45) is 1.53. The molecule has 126 valence electrons. The van der Waals surface area contributed by atoms with Gasteiger partial charge in [0.05, 0.1) is 12.8 Å². The molecule has 2 aromatic carbocycles. The van der Waals surface area contributed by atoms with Crippen LogP contribution in [0.4, 0.5) is 5.69 Å². The highest BCUT2D eigenvalue weighted by atomic mass is 79.9. The Morgan fingerprint density at radius 2 is 1.88 bits per heavy atom. The minimum Gasteiger partial charge on any atom is -0.497 e. The summed E-state index contributed by atoms with van der Waals surface area (Å²) in [5.41, 5.74) is 1.30. The van der Waals surface area contributed by atoms with Crippen LogP contribution in [0.5, 0.6) is 5.75 Å². The fourth-order valence-electron chi connectivity index (χ4n) is 2.37. The van der Waals surface area contributed by atoms with E-state index in [-0.39, 0.29) is 10.7 Å². The molecule has 2 amide bonds. The predicted octanol–water partition coefficient (Wildman–Crippen LogP) is 3.29. The number of rotatable bonds is 3. The van der Waals surface area contributed by atoms with Crippen molar-refractivity contribution in [2.24, 2.45) is 0 Å². The molecule has 0 spiro atoms. The van der Waals surface area contributed by atoms with E-state index in [2.05, 4.69) is 21.2 Å². The second kappa shape index (κ2) is 7.16. The lowest BCUT2D eigenvalue weighted by molar-refractivity contribution is -0.122. The van der Waals surface area contributed by atoms with Crippen molar-refractivity contribution in [1.82, 2.24) is 5.32 Å². The van der Waals surface area contributed by atoms with E-state index in [0.29, 0.717) is 17.0 Å². The Morgan fingerprint density at radius 3 is 2.52 bits per heavy atom. The van der Waals surface area contributed by atoms with Gasteiger partial charge < -0.3 is 4.74 Å². The van der Waals surface area contributed by atoms with Crippen molar-refractivity contribution in [2.45, 2.75) is 0 Å². The van der Waals surface area contributed by atoms with Crippen LogP contribution in [0.3, 0.4) is 0 Å². The predicted molar refractivity (Wildman–Crippen MR) is 103 cm³/mol. The summed E-state index contributed by atoms with van der Waals surface area (Å²) >= 11 is 8.54. The average molecular weight is 417 g/mol. The van der Waals surface area contributed by atoms with Crippen LogP contribution >= 0.6 is 28.1 Å². The third-order valence-corrected chi connectivity index (χ3v) is 4.37. The molecule has 0 aliphatic carbocycles. The standard InChI is InChI=1S/C18H13BrN2O3S/c1-24-14-7-5-11(6-8-14)9-15-16(22)20-18(25)21(17(15)23)13-4-2-3-12(19)10-13/h2-10H,1H3,(H,20,22,25)/b15-9+. The zero-order valence-electron chi connectivity index (χ0n) is 13.2. The Hall–Kier alpha value is -2.51. The number of amides is 2. The lowest BCUT2D eigenvalue weighted by Crippen LogP contribution is -2.54. The number of hydrogen-bond donors (Lipinski definition) is 1. The number of anilines is 1. The van der Waals surface area contributed by atoms with Gasteiger partial charge in [-0.15, -0.1) is 0 Å². The lowest BCUT2D eigenvalue weighted by atomic mass is 10.1. The van der Waals surface area contributed by atoms with Crippen LogP contribution in [0, 0.1) is 0 Å². The van der Waals surface area contributed by atoms with Crippen molar-refractivity contribution >= 4 is 56.8 Å². The Balaban J connectivity index is 1.98. The Kier molecular flexibility index (Phi) is 4.96. The van der Waals surface area contributed by atoms with E-state index in [1.54, 1.807) is 49.6 Å². The number of nitrogens with zero attached hydrogens (tertiary/aromatic N) is 1. The highest BCUT2D eigenvalue weighted by molar-refractivity contribution is 9.10. The molecule has 1 aliphatic heterocycles. The van der Waals surface area contributed by atoms with Crippen molar-refractivity contribution in [3.63, 3.8) is 0 Å². The SMILES string of the molecule is COc1ccc(/C=C2\C(=O)NC(=S)N(c3cccc(Br)c3)C2=O)cc1. The van der Waals surface area contributed by atoms with E-state index >= 15 is 0 Å². The fraction of sp³-hybridized carbons (Fsp3) is 0.0556. The molecule has 0 radical (unpaired) electrons. The van der Waals surface area contributed by atoms with Crippen molar-refractivity contribution in [3.05, 3.63) is 64.1 Å². The maximum absolute atomic E-state index is 12.9. The van der Waals surface area contributed by atoms with E-state index in [0.717, 1.165) is 4.47 Å². The van der Waals surface area contributed by atoms with E-state index in [4.69, 9.17) is 17.0 Å². The number of carbonyl (C=O) groups is 2. The summed E-state index contributed by atoms with van der Waals surface area (Å²) in [5.74, 6) is -0.293. The number of carbonyl (C=O) groups excluding carboxylic acids is 2. The maximum Gasteiger partial charge on any atom is 0.270 e. The zero-order valence-corrected chi connectivity index (χ0v) is 15.6. The molecule has 5 nitrogen and oxygen atoms in total. The summed E-state index contributed by atoms with van der Waals surface area (Å²) in [6, 6.07) is 14.2. The smallest absolute Gasteiger partial charge is 0.270 e. The van der Waals surface area contributed by atoms with Crippen molar-refractivity contribution in [2.75, 3.05) is 12.0 Å². The molecule has 7 heteroatoms. The topological polar surface area (TPSA) is 58.6 Å². The van der Waals surface area contributed by atoms with Gasteiger partial charge in [0, 0.05) is 4.47 Å². The molecule has 1 N–H and O–H groups in total. The van der Waals surface area contributed by atoms with Crippen LogP contribution in [0.2, 0.25) is 0 Å². The fourth-order valence-corrected chi connectivity index (χ4v) is 3.04. The van der Waals surface area contributed by atoms with Crippen LogP contribution < -0.4 is 15.0 Å².